The molecule has 3 nitrogen and oxygen atoms in total. The van der Waals surface area contributed by atoms with Gasteiger partial charge in [-0.15, -0.1) is 0 Å². The molecule has 19 heavy (non-hydrogen) atoms. The van der Waals surface area contributed by atoms with Crippen LogP contribution in [0.4, 0.5) is 18.9 Å². The Morgan fingerprint density at radius 3 is 2.53 bits per heavy atom. The van der Waals surface area contributed by atoms with Crippen LogP contribution in [0.2, 0.25) is 0 Å². The van der Waals surface area contributed by atoms with Crippen LogP contribution in [-0.4, -0.2) is 19.4 Å². The summed E-state index contributed by atoms with van der Waals surface area (Å²) in [5.74, 6) is 0.0714. The van der Waals surface area contributed by atoms with Gasteiger partial charge in [-0.2, -0.15) is 13.2 Å². The fraction of sp³-hybridized carbons (Fsp3) is 0.462. The normalized spacial score (nSPS) is 15.4. The van der Waals surface area contributed by atoms with Gasteiger partial charge in [0.15, 0.2) is 0 Å². The minimum absolute atomic E-state index is 0.257. The maximum absolute atomic E-state index is 12.8. The van der Waals surface area contributed by atoms with Gasteiger partial charge in [0.1, 0.15) is 5.84 Å². The lowest BCUT2D eigenvalue weighted by atomic mass is 10.0. The van der Waals surface area contributed by atoms with Gasteiger partial charge in [0.2, 0.25) is 0 Å². The van der Waals surface area contributed by atoms with E-state index in [0.717, 1.165) is 12.6 Å². The molecule has 1 fully saturated rings. The summed E-state index contributed by atoms with van der Waals surface area (Å²) in [4.78, 5) is 1.91. The maximum Gasteiger partial charge on any atom is 0.417 e. The third-order valence-electron chi connectivity index (χ3n) is 3.27. The smallest absolute Gasteiger partial charge is 0.384 e. The molecule has 1 aliphatic rings. The molecule has 0 amide bonds. The van der Waals surface area contributed by atoms with Crippen LogP contribution in [0.3, 0.4) is 0 Å². The standard InChI is InChI=1S/C13H16F3N3/c1-19(7-8-2-3-8)9-4-5-11(13(14,15)16)10(6-9)12(17)18/h4-6,8H,2-3,7H2,1H3,(H3,17,18). The molecule has 3 N–H and O–H groups in total. The summed E-state index contributed by atoms with van der Waals surface area (Å²) < 4.78 is 38.4. The summed E-state index contributed by atoms with van der Waals surface area (Å²) in [6, 6.07) is 3.76. The van der Waals surface area contributed by atoms with Crippen molar-refractivity contribution < 1.29 is 13.2 Å². The molecular formula is C13H16F3N3. The molecule has 1 aliphatic carbocycles. The largest absolute Gasteiger partial charge is 0.417 e. The first kappa shape index (κ1) is 13.7. The van der Waals surface area contributed by atoms with Gasteiger partial charge in [-0.1, -0.05) is 0 Å². The molecular weight excluding hydrogens is 255 g/mol. The minimum atomic E-state index is -4.49. The highest BCUT2D eigenvalue weighted by molar-refractivity contribution is 5.97. The molecule has 0 spiro atoms. The predicted octanol–water partition coefficient (Wildman–Crippen LogP) is 2.84. The van der Waals surface area contributed by atoms with Gasteiger partial charge in [0, 0.05) is 24.8 Å². The summed E-state index contributed by atoms with van der Waals surface area (Å²) in [5.41, 5.74) is 4.80. The topological polar surface area (TPSA) is 53.1 Å². The molecule has 1 aromatic rings. The number of rotatable bonds is 4. The second-order valence-corrected chi connectivity index (χ2v) is 4.97. The Kier molecular flexibility index (Phi) is 3.43. The van der Waals surface area contributed by atoms with E-state index in [1.165, 1.54) is 25.0 Å². The molecule has 0 aromatic heterocycles. The average Bonchev–Trinajstić information content (AvgIpc) is 3.10. The number of amidine groups is 1. The number of nitrogens with two attached hydrogens (primary N) is 1. The number of anilines is 1. The van der Waals surface area contributed by atoms with Crippen molar-refractivity contribution >= 4 is 11.5 Å². The first-order chi connectivity index (χ1) is 8.79. The van der Waals surface area contributed by atoms with E-state index in [1.54, 1.807) is 0 Å². The van der Waals surface area contributed by atoms with E-state index in [9.17, 15) is 13.2 Å². The Morgan fingerprint density at radius 1 is 1.42 bits per heavy atom. The molecule has 0 unspecified atom stereocenters. The SMILES string of the molecule is CN(CC1CC1)c1ccc(C(F)(F)F)c(C(=N)N)c1. The number of nitrogens with one attached hydrogen (secondary N) is 1. The van der Waals surface area contributed by atoms with Crippen LogP contribution < -0.4 is 10.6 Å². The Morgan fingerprint density at radius 2 is 2.05 bits per heavy atom. The first-order valence-corrected chi connectivity index (χ1v) is 6.06. The molecule has 0 bridgehead atoms. The summed E-state index contributed by atoms with van der Waals surface area (Å²) in [7, 11) is 1.84. The lowest BCUT2D eigenvalue weighted by molar-refractivity contribution is -0.137. The van der Waals surface area contributed by atoms with Gasteiger partial charge in [0.05, 0.1) is 5.56 Å². The van der Waals surface area contributed by atoms with E-state index in [2.05, 4.69) is 0 Å². The van der Waals surface area contributed by atoms with Crippen LogP contribution in [-0.2, 0) is 6.18 Å². The van der Waals surface area contributed by atoms with Gasteiger partial charge < -0.3 is 10.6 Å². The molecule has 0 saturated heterocycles. The Labute approximate surface area is 109 Å². The summed E-state index contributed by atoms with van der Waals surface area (Å²) in [6.07, 6.45) is -2.15. The van der Waals surface area contributed by atoms with Crippen LogP contribution in [0.25, 0.3) is 0 Å². The number of nitrogens with zero attached hydrogens (tertiary/aromatic N) is 1. The average molecular weight is 271 g/mol. The highest BCUT2D eigenvalue weighted by atomic mass is 19.4. The van der Waals surface area contributed by atoms with Crippen LogP contribution in [0.5, 0.6) is 0 Å². The Bertz CT molecular complexity index is 492. The van der Waals surface area contributed by atoms with Crippen LogP contribution in [0.15, 0.2) is 18.2 Å². The van der Waals surface area contributed by atoms with Crippen molar-refractivity contribution in [2.45, 2.75) is 19.0 Å². The van der Waals surface area contributed by atoms with Crippen molar-refractivity contribution in [3.63, 3.8) is 0 Å². The second-order valence-electron chi connectivity index (χ2n) is 4.97. The van der Waals surface area contributed by atoms with Crippen LogP contribution in [0, 0.1) is 11.3 Å². The fourth-order valence-electron chi connectivity index (χ4n) is 2.03. The molecule has 1 saturated carbocycles. The number of nitrogen functional groups attached to an aromatic ring is 1. The molecule has 0 radical (unpaired) electrons. The van der Waals surface area contributed by atoms with Crippen molar-refractivity contribution in [2.24, 2.45) is 11.7 Å². The molecule has 0 heterocycles. The summed E-state index contributed by atoms with van der Waals surface area (Å²) in [6.45, 7) is 0.822. The third-order valence-corrected chi connectivity index (χ3v) is 3.27. The lowest BCUT2D eigenvalue weighted by Gasteiger charge is -2.21. The molecule has 6 heteroatoms. The van der Waals surface area contributed by atoms with E-state index in [4.69, 9.17) is 11.1 Å². The van der Waals surface area contributed by atoms with Gasteiger partial charge in [-0.25, -0.2) is 0 Å². The van der Waals surface area contributed by atoms with Crippen molar-refractivity contribution in [3.05, 3.63) is 29.3 Å². The number of hydrogen-bond donors (Lipinski definition) is 2. The van der Waals surface area contributed by atoms with E-state index in [0.29, 0.717) is 11.6 Å². The minimum Gasteiger partial charge on any atom is -0.384 e. The third kappa shape index (κ3) is 3.19. The van der Waals surface area contributed by atoms with Gasteiger partial charge in [0.25, 0.3) is 0 Å². The molecule has 2 rings (SSSR count). The highest BCUT2D eigenvalue weighted by Crippen LogP contribution is 2.35. The quantitative estimate of drug-likeness (QED) is 0.653. The zero-order valence-electron chi connectivity index (χ0n) is 10.6. The monoisotopic (exact) mass is 271 g/mol. The number of alkyl halides is 3. The number of halogens is 3. The molecule has 0 aliphatic heterocycles. The van der Waals surface area contributed by atoms with Gasteiger partial charge in [-0.3, -0.25) is 5.41 Å². The van der Waals surface area contributed by atoms with Crippen LogP contribution >= 0.6 is 0 Å². The molecule has 0 atom stereocenters. The van der Waals surface area contributed by atoms with E-state index < -0.39 is 17.6 Å². The summed E-state index contributed by atoms with van der Waals surface area (Å²) >= 11 is 0. The fourth-order valence-corrected chi connectivity index (χ4v) is 2.03. The number of hydrogen-bond acceptors (Lipinski definition) is 2. The van der Waals surface area contributed by atoms with Gasteiger partial charge >= 0.3 is 6.18 Å². The maximum atomic E-state index is 12.8. The Hall–Kier alpha value is -1.72. The van der Waals surface area contributed by atoms with Crippen molar-refractivity contribution in [1.29, 1.82) is 5.41 Å². The first-order valence-electron chi connectivity index (χ1n) is 6.06. The van der Waals surface area contributed by atoms with E-state index >= 15 is 0 Å². The predicted molar refractivity (Wildman–Crippen MR) is 68.5 cm³/mol. The number of benzene rings is 1. The second kappa shape index (κ2) is 4.75. The zero-order valence-corrected chi connectivity index (χ0v) is 10.6. The lowest BCUT2D eigenvalue weighted by Crippen LogP contribution is -2.23. The molecule has 104 valence electrons. The van der Waals surface area contributed by atoms with E-state index in [1.807, 2.05) is 11.9 Å². The summed E-state index contributed by atoms with van der Waals surface area (Å²) in [5, 5.41) is 7.31. The van der Waals surface area contributed by atoms with Crippen molar-refractivity contribution in [1.82, 2.24) is 0 Å². The molecule has 1 aromatic carbocycles. The van der Waals surface area contributed by atoms with Crippen molar-refractivity contribution in [3.8, 4) is 0 Å². The van der Waals surface area contributed by atoms with Gasteiger partial charge in [-0.05, 0) is 37.0 Å². The Balaban J connectivity index is 2.32. The highest BCUT2D eigenvalue weighted by Gasteiger charge is 2.34. The van der Waals surface area contributed by atoms with Crippen molar-refractivity contribution in [2.75, 3.05) is 18.5 Å². The van der Waals surface area contributed by atoms with Crippen LogP contribution in [0.1, 0.15) is 24.0 Å². The zero-order chi connectivity index (χ0) is 14.2. The van der Waals surface area contributed by atoms with E-state index in [-0.39, 0.29) is 5.56 Å².